The third-order valence-corrected chi connectivity index (χ3v) is 6.06. The number of rotatable bonds is 8. The second-order valence-corrected chi connectivity index (χ2v) is 10.0. The van der Waals surface area contributed by atoms with Gasteiger partial charge < -0.3 is 15.4 Å². The Bertz CT molecular complexity index is 1450. The molecule has 0 aliphatic heterocycles. The SMILES string of the molecule is CCNC(=O)c1cc(CCOc2ccc(NC(=O)Nc3cc(C(C)(C)C)nn3C)c3ccccc23)ccn1. The molecule has 9 heteroatoms. The lowest BCUT2D eigenvalue weighted by atomic mass is 9.92. The molecule has 2 aromatic heterocycles. The van der Waals surface area contributed by atoms with Crippen LogP contribution in [0.4, 0.5) is 16.3 Å². The number of amides is 3. The number of nitrogens with zero attached hydrogens (tertiary/aromatic N) is 3. The number of carbonyl (C=O) groups is 2. The molecule has 0 saturated heterocycles. The Morgan fingerprint density at radius 2 is 1.76 bits per heavy atom. The van der Waals surface area contributed by atoms with Crippen LogP contribution in [0, 0.1) is 0 Å². The molecule has 4 aromatic rings. The van der Waals surface area contributed by atoms with Gasteiger partial charge in [-0.1, -0.05) is 45.0 Å². The average Bonchev–Trinajstić information content (AvgIpc) is 3.26. The Morgan fingerprint density at radius 1 is 1.00 bits per heavy atom. The van der Waals surface area contributed by atoms with Gasteiger partial charge in [0.05, 0.1) is 18.0 Å². The molecular formula is C29H34N6O3. The van der Waals surface area contributed by atoms with Gasteiger partial charge in [-0.2, -0.15) is 5.10 Å². The molecular weight excluding hydrogens is 480 g/mol. The molecule has 38 heavy (non-hydrogen) atoms. The topological polar surface area (TPSA) is 110 Å². The number of pyridine rings is 1. The maximum atomic E-state index is 12.8. The fraction of sp³-hybridized carbons (Fsp3) is 0.310. The van der Waals surface area contributed by atoms with Crippen LogP contribution in [-0.2, 0) is 18.9 Å². The van der Waals surface area contributed by atoms with Gasteiger partial charge in [-0.25, -0.2) is 4.79 Å². The molecule has 0 radical (unpaired) electrons. The summed E-state index contributed by atoms with van der Waals surface area (Å²) in [5.41, 5.74) is 2.80. The maximum Gasteiger partial charge on any atom is 0.324 e. The molecule has 0 saturated carbocycles. The summed E-state index contributed by atoms with van der Waals surface area (Å²) in [6.45, 7) is 9.08. The summed E-state index contributed by atoms with van der Waals surface area (Å²) < 4.78 is 7.78. The smallest absolute Gasteiger partial charge is 0.324 e. The minimum atomic E-state index is -0.354. The number of hydrogen-bond donors (Lipinski definition) is 3. The van der Waals surface area contributed by atoms with Crippen LogP contribution < -0.4 is 20.7 Å². The summed E-state index contributed by atoms with van der Waals surface area (Å²) in [6.07, 6.45) is 2.25. The fourth-order valence-corrected chi connectivity index (χ4v) is 4.01. The van der Waals surface area contributed by atoms with Crippen LogP contribution in [0.15, 0.2) is 60.8 Å². The van der Waals surface area contributed by atoms with E-state index in [-0.39, 0.29) is 17.4 Å². The third kappa shape index (κ3) is 6.29. The number of hydrogen-bond acceptors (Lipinski definition) is 5. The van der Waals surface area contributed by atoms with E-state index in [0.717, 1.165) is 22.0 Å². The molecule has 2 heterocycles. The first-order chi connectivity index (χ1) is 18.2. The standard InChI is InChI=1S/C29H34N6O3/c1-6-30-27(36)23-17-19(13-15-31-23)14-16-38-24-12-11-22(20-9-7-8-10-21(20)24)32-28(37)33-26-18-25(29(2,3)4)34-35(26)5/h7-13,15,17-18H,6,14,16H2,1-5H3,(H,30,36)(H2,32,33,37). The minimum absolute atomic E-state index is 0.121. The number of benzene rings is 2. The molecule has 9 nitrogen and oxygen atoms in total. The summed E-state index contributed by atoms with van der Waals surface area (Å²) in [5.74, 6) is 1.14. The Morgan fingerprint density at radius 3 is 2.47 bits per heavy atom. The van der Waals surface area contributed by atoms with Gasteiger partial charge in [0, 0.05) is 48.5 Å². The van der Waals surface area contributed by atoms with E-state index in [1.165, 1.54) is 0 Å². The second-order valence-electron chi connectivity index (χ2n) is 10.0. The van der Waals surface area contributed by atoms with Crippen LogP contribution in [0.5, 0.6) is 5.75 Å². The van der Waals surface area contributed by atoms with E-state index in [2.05, 4.69) is 46.8 Å². The van der Waals surface area contributed by atoms with Gasteiger partial charge >= 0.3 is 6.03 Å². The van der Waals surface area contributed by atoms with Crippen LogP contribution in [0.3, 0.4) is 0 Å². The monoisotopic (exact) mass is 514 g/mol. The van der Waals surface area contributed by atoms with Crippen molar-refractivity contribution in [3.8, 4) is 5.75 Å². The van der Waals surface area contributed by atoms with Crippen molar-refractivity contribution in [1.29, 1.82) is 0 Å². The second kappa shape index (κ2) is 11.3. The number of ether oxygens (including phenoxy) is 1. The number of carbonyl (C=O) groups excluding carboxylic acids is 2. The van der Waals surface area contributed by atoms with Crippen molar-refractivity contribution in [2.75, 3.05) is 23.8 Å². The van der Waals surface area contributed by atoms with E-state index in [9.17, 15) is 9.59 Å². The van der Waals surface area contributed by atoms with Gasteiger partial charge in [-0.3, -0.25) is 19.8 Å². The predicted octanol–water partition coefficient (Wildman–Crippen LogP) is 5.28. The quantitative estimate of drug-likeness (QED) is 0.296. The largest absolute Gasteiger partial charge is 0.493 e. The van der Waals surface area contributed by atoms with Crippen molar-refractivity contribution in [1.82, 2.24) is 20.1 Å². The van der Waals surface area contributed by atoms with Gasteiger partial charge in [0.15, 0.2) is 0 Å². The van der Waals surface area contributed by atoms with Crippen LogP contribution in [0.1, 0.15) is 49.4 Å². The van der Waals surface area contributed by atoms with E-state index >= 15 is 0 Å². The first kappa shape index (κ1) is 26.7. The predicted molar refractivity (Wildman–Crippen MR) is 150 cm³/mol. The number of urea groups is 1. The lowest BCUT2D eigenvalue weighted by Crippen LogP contribution is -2.23. The van der Waals surface area contributed by atoms with Gasteiger partial charge in [-0.05, 0) is 36.8 Å². The van der Waals surface area contributed by atoms with E-state index in [4.69, 9.17) is 4.74 Å². The normalized spacial score (nSPS) is 11.3. The zero-order valence-electron chi connectivity index (χ0n) is 22.5. The van der Waals surface area contributed by atoms with Crippen LogP contribution in [-0.4, -0.2) is 39.9 Å². The number of fused-ring (bicyclic) bond motifs is 1. The molecule has 4 rings (SSSR count). The molecule has 0 aliphatic rings. The van der Waals surface area contributed by atoms with Crippen molar-refractivity contribution in [2.24, 2.45) is 7.05 Å². The Kier molecular flexibility index (Phi) is 7.95. The maximum absolute atomic E-state index is 12.8. The lowest BCUT2D eigenvalue weighted by molar-refractivity contribution is 0.0950. The molecule has 198 valence electrons. The van der Waals surface area contributed by atoms with Crippen molar-refractivity contribution < 1.29 is 14.3 Å². The summed E-state index contributed by atoms with van der Waals surface area (Å²) in [5, 5.41) is 14.9. The number of nitrogens with one attached hydrogen (secondary N) is 3. The lowest BCUT2D eigenvalue weighted by Gasteiger charge is -2.14. The molecule has 0 spiro atoms. The van der Waals surface area contributed by atoms with E-state index in [1.807, 2.05) is 55.5 Å². The average molecular weight is 515 g/mol. The highest BCUT2D eigenvalue weighted by molar-refractivity contribution is 6.07. The molecule has 0 unspecified atom stereocenters. The van der Waals surface area contributed by atoms with Crippen molar-refractivity contribution in [3.05, 3.63) is 77.7 Å². The highest BCUT2D eigenvalue weighted by Gasteiger charge is 2.20. The Balaban J connectivity index is 1.44. The molecule has 3 N–H and O–H groups in total. The number of aromatic nitrogens is 3. The summed E-state index contributed by atoms with van der Waals surface area (Å²) in [6, 6.07) is 16.6. The molecule has 0 fully saturated rings. The first-order valence-corrected chi connectivity index (χ1v) is 12.7. The van der Waals surface area contributed by atoms with Crippen molar-refractivity contribution >= 4 is 34.2 Å². The highest BCUT2D eigenvalue weighted by atomic mass is 16.5. The zero-order chi connectivity index (χ0) is 27.3. The van der Waals surface area contributed by atoms with Crippen LogP contribution >= 0.6 is 0 Å². The molecule has 0 aliphatic carbocycles. The Labute approximate surface area is 222 Å². The van der Waals surface area contributed by atoms with Crippen LogP contribution in [0.25, 0.3) is 10.8 Å². The van der Waals surface area contributed by atoms with Crippen molar-refractivity contribution in [3.63, 3.8) is 0 Å². The molecule has 0 atom stereocenters. The first-order valence-electron chi connectivity index (χ1n) is 12.7. The van der Waals surface area contributed by atoms with Gasteiger partial charge in [-0.15, -0.1) is 0 Å². The molecule has 2 aromatic carbocycles. The number of anilines is 2. The third-order valence-electron chi connectivity index (χ3n) is 6.06. The zero-order valence-corrected chi connectivity index (χ0v) is 22.5. The summed E-state index contributed by atoms with van der Waals surface area (Å²) >= 11 is 0. The van der Waals surface area contributed by atoms with Crippen molar-refractivity contribution in [2.45, 2.75) is 39.5 Å². The van der Waals surface area contributed by atoms with E-state index in [0.29, 0.717) is 42.5 Å². The van der Waals surface area contributed by atoms with Gasteiger partial charge in [0.1, 0.15) is 17.3 Å². The van der Waals surface area contributed by atoms with Gasteiger partial charge in [0.2, 0.25) is 0 Å². The fourth-order valence-electron chi connectivity index (χ4n) is 4.01. The molecule has 3 amide bonds. The minimum Gasteiger partial charge on any atom is -0.493 e. The van der Waals surface area contributed by atoms with Gasteiger partial charge in [0.25, 0.3) is 5.91 Å². The summed E-state index contributed by atoms with van der Waals surface area (Å²) in [4.78, 5) is 29.0. The number of aryl methyl sites for hydroxylation is 1. The van der Waals surface area contributed by atoms with E-state index in [1.54, 1.807) is 24.0 Å². The Hall–Kier alpha value is -4.40. The van der Waals surface area contributed by atoms with E-state index < -0.39 is 0 Å². The van der Waals surface area contributed by atoms with Crippen LogP contribution in [0.2, 0.25) is 0 Å². The summed E-state index contributed by atoms with van der Waals surface area (Å²) in [7, 11) is 1.80. The molecule has 0 bridgehead atoms. The highest BCUT2D eigenvalue weighted by Crippen LogP contribution is 2.32.